The second-order valence-corrected chi connectivity index (χ2v) is 3.27. The first-order valence-corrected chi connectivity index (χ1v) is 4.81. The average molecular weight is 214 g/mol. The molecule has 84 valence electrons. The minimum absolute atomic E-state index is 0.201. The molecule has 0 aliphatic carbocycles. The van der Waals surface area contributed by atoms with E-state index < -0.39 is 17.9 Å². The molecule has 1 aliphatic rings. The van der Waals surface area contributed by atoms with Gasteiger partial charge in [-0.15, -0.1) is 0 Å². The topological polar surface area (TPSA) is 89.7 Å². The average Bonchev–Trinajstić information content (AvgIpc) is 2.19. The van der Waals surface area contributed by atoms with Crippen molar-refractivity contribution in [1.82, 2.24) is 4.90 Å². The first kappa shape index (κ1) is 11.6. The number of carbonyl (C=O) groups excluding carboxylic acids is 3. The smallest absolute Gasteiger partial charge is 0.326 e. The van der Waals surface area contributed by atoms with Gasteiger partial charge in [0.25, 0.3) is 0 Å². The Hall–Kier alpha value is -1.43. The largest absolute Gasteiger partial charge is 0.465 e. The fraction of sp³-hybridized carbons (Fsp3) is 0.667. The number of imide groups is 1. The van der Waals surface area contributed by atoms with Crippen molar-refractivity contribution in [3.8, 4) is 0 Å². The van der Waals surface area contributed by atoms with E-state index in [1.807, 2.05) is 0 Å². The molecule has 1 aliphatic heterocycles. The number of likely N-dealkylation sites (tertiary alicyclic amines) is 1. The summed E-state index contributed by atoms with van der Waals surface area (Å²) < 4.78 is 4.65. The first-order valence-electron chi connectivity index (χ1n) is 4.81. The summed E-state index contributed by atoms with van der Waals surface area (Å²) in [6.45, 7) is 1.55. The summed E-state index contributed by atoms with van der Waals surface area (Å²) in [5, 5.41) is 0. The molecule has 6 heteroatoms. The van der Waals surface area contributed by atoms with Gasteiger partial charge in [0.05, 0.1) is 12.6 Å². The fourth-order valence-corrected chi connectivity index (χ4v) is 1.36. The van der Waals surface area contributed by atoms with Gasteiger partial charge in [-0.05, 0) is 13.3 Å². The second-order valence-electron chi connectivity index (χ2n) is 3.27. The van der Waals surface area contributed by atoms with Crippen molar-refractivity contribution in [3.63, 3.8) is 0 Å². The van der Waals surface area contributed by atoms with E-state index in [-0.39, 0.29) is 25.5 Å². The zero-order valence-corrected chi connectivity index (χ0v) is 8.56. The Balaban J connectivity index is 2.61. The van der Waals surface area contributed by atoms with Crippen LogP contribution in [-0.4, -0.2) is 41.9 Å². The van der Waals surface area contributed by atoms with Crippen LogP contribution in [0.25, 0.3) is 0 Å². The lowest BCUT2D eigenvalue weighted by molar-refractivity contribution is -0.157. The van der Waals surface area contributed by atoms with Gasteiger partial charge in [-0.2, -0.15) is 0 Å². The van der Waals surface area contributed by atoms with E-state index in [1.165, 1.54) is 0 Å². The molecule has 1 rings (SSSR count). The van der Waals surface area contributed by atoms with Crippen LogP contribution < -0.4 is 5.73 Å². The Kier molecular flexibility index (Phi) is 3.79. The lowest BCUT2D eigenvalue weighted by atomic mass is 10.1. The Morgan fingerprint density at radius 2 is 2.27 bits per heavy atom. The summed E-state index contributed by atoms with van der Waals surface area (Å²) in [6.07, 6.45) is 0.545. The molecule has 0 aromatic heterocycles. The zero-order valence-electron chi connectivity index (χ0n) is 8.56. The Bertz CT molecular complexity index is 290. The van der Waals surface area contributed by atoms with Crippen LogP contribution in [0.3, 0.4) is 0 Å². The number of carbonyl (C=O) groups is 3. The van der Waals surface area contributed by atoms with Gasteiger partial charge in [0, 0.05) is 6.42 Å². The van der Waals surface area contributed by atoms with E-state index >= 15 is 0 Å². The van der Waals surface area contributed by atoms with Gasteiger partial charge in [0.15, 0.2) is 0 Å². The van der Waals surface area contributed by atoms with E-state index in [1.54, 1.807) is 6.92 Å². The molecule has 2 N–H and O–H groups in total. The van der Waals surface area contributed by atoms with Crippen LogP contribution >= 0.6 is 0 Å². The number of nitrogens with two attached hydrogens (primary N) is 1. The van der Waals surface area contributed by atoms with Gasteiger partial charge < -0.3 is 10.5 Å². The summed E-state index contributed by atoms with van der Waals surface area (Å²) in [6, 6.07) is -0.683. The Labute approximate surface area is 87.4 Å². The molecule has 0 saturated carbocycles. The second kappa shape index (κ2) is 4.88. The number of hydrogen-bond donors (Lipinski definition) is 1. The molecule has 1 heterocycles. The molecule has 1 fully saturated rings. The zero-order chi connectivity index (χ0) is 11.4. The third kappa shape index (κ3) is 2.76. The van der Waals surface area contributed by atoms with E-state index in [2.05, 4.69) is 4.74 Å². The molecule has 0 bridgehead atoms. The van der Waals surface area contributed by atoms with Gasteiger partial charge in [-0.3, -0.25) is 19.3 Å². The number of piperidine rings is 1. The minimum atomic E-state index is -0.683. The van der Waals surface area contributed by atoms with Gasteiger partial charge in [0.2, 0.25) is 11.8 Å². The Morgan fingerprint density at radius 1 is 1.60 bits per heavy atom. The number of nitrogens with zero attached hydrogens (tertiary/aromatic N) is 1. The van der Waals surface area contributed by atoms with Gasteiger partial charge >= 0.3 is 5.97 Å². The third-order valence-corrected chi connectivity index (χ3v) is 2.15. The van der Waals surface area contributed by atoms with E-state index in [4.69, 9.17) is 5.73 Å². The number of rotatable bonds is 3. The van der Waals surface area contributed by atoms with Crippen molar-refractivity contribution in [1.29, 1.82) is 0 Å². The number of hydrogen-bond acceptors (Lipinski definition) is 5. The van der Waals surface area contributed by atoms with Crippen LogP contribution in [0, 0.1) is 0 Å². The van der Waals surface area contributed by atoms with Crippen LogP contribution in [0.5, 0.6) is 0 Å². The predicted molar refractivity (Wildman–Crippen MR) is 50.6 cm³/mol. The summed E-state index contributed by atoms with van der Waals surface area (Å²) in [5.41, 5.74) is 5.49. The third-order valence-electron chi connectivity index (χ3n) is 2.15. The van der Waals surface area contributed by atoms with Crippen molar-refractivity contribution < 1.29 is 19.1 Å². The first-order chi connectivity index (χ1) is 7.06. The molecule has 1 atom stereocenters. The highest BCUT2D eigenvalue weighted by atomic mass is 16.5. The minimum Gasteiger partial charge on any atom is -0.465 e. The van der Waals surface area contributed by atoms with E-state index in [9.17, 15) is 14.4 Å². The van der Waals surface area contributed by atoms with Crippen LogP contribution in [0.1, 0.15) is 19.8 Å². The predicted octanol–water partition coefficient (Wildman–Crippen LogP) is -0.974. The fourth-order valence-electron chi connectivity index (χ4n) is 1.36. The molecule has 1 unspecified atom stereocenters. The standard InChI is InChI=1S/C9H14N2O4/c1-2-15-8(13)5-11-7(12)4-3-6(10)9(11)14/h6H,2-5,10H2,1H3. The lowest BCUT2D eigenvalue weighted by Gasteiger charge is -2.27. The van der Waals surface area contributed by atoms with Gasteiger partial charge in [0.1, 0.15) is 6.54 Å². The maximum absolute atomic E-state index is 11.4. The molecule has 0 radical (unpaired) electrons. The van der Waals surface area contributed by atoms with Crippen LogP contribution in [0.2, 0.25) is 0 Å². The quantitative estimate of drug-likeness (QED) is 0.482. The van der Waals surface area contributed by atoms with Crippen molar-refractivity contribution in [2.45, 2.75) is 25.8 Å². The number of esters is 1. The van der Waals surface area contributed by atoms with E-state index in [0.717, 1.165) is 4.90 Å². The molecule has 15 heavy (non-hydrogen) atoms. The monoisotopic (exact) mass is 214 g/mol. The maximum atomic E-state index is 11.4. The molecule has 0 aromatic rings. The highest BCUT2D eigenvalue weighted by Crippen LogP contribution is 2.11. The summed E-state index contributed by atoms with van der Waals surface area (Å²) in [7, 11) is 0. The van der Waals surface area contributed by atoms with E-state index in [0.29, 0.717) is 6.42 Å². The molecule has 0 aromatic carbocycles. The number of amides is 2. The SMILES string of the molecule is CCOC(=O)CN1C(=O)CCC(N)C1=O. The van der Waals surface area contributed by atoms with Crippen molar-refractivity contribution in [2.24, 2.45) is 5.73 Å². The summed E-state index contributed by atoms with van der Waals surface area (Å²) >= 11 is 0. The van der Waals surface area contributed by atoms with Crippen molar-refractivity contribution >= 4 is 17.8 Å². The molecule has 0 spiro atoms. The van der Waals surface area contributed by atoms with Crippen LogP contribution in [0.15, 0.2) is 0 Å². The molecular weight excluding hydrogens is 200 g/mol. The highest BCUT2D eigenvalue weighted by Gasteiger charge is 2.33. The molecular formula is C9H14N2O4. The lowest BCUT2D eigenvalue weighted by Crippen LogP contribution is -2.52. The molecule has 2 amide bonds. The summed E-state index contributed by atoms with van der Waals surface area (Å²) in [5.74, 6) is -1.46. The normalized spacial score (nSPS) is 21.7. The van der Waals surface area contributed by atoms with Crippen LogP contribution in [-0.2, 0) is 19.1 Å². The van der Waals surface area contributed by atoms with Crippen LogP contribution in [0.4, 0.5) is 0 Å². The van der Waals surface area contributed by atoms with Crippen molar-refractivity contribution in [3.05, 3.63) is 0 Å². The van der Waals surface area contributed by atoms with Crippen molar-refractivity contribution in [2.75, 3.05) is 13.2 Å². The summed E-state index contributed by atoms with van der Waals surface area (Å²) in [4.78, 5) is 34.7. The molecule has 6 nitrogen and oxygen atoms in total. The maximum Gasteiger partial charge on any atom is 0.326 e. The highest BCUT2D eigenvalue weighted by molar-refractivity contribution is 6.02. The van der Waals surface area contributed by atoms with Gasteiger partial charge in [-0.25, -0.2) is 0 Å². The molecule has 1 saturated heterocycles. The van der Waals surface area contributed by atoms with Gasteiger partial charge in [-0.1, -0.05) is 0 Å². The Morgan fingerprint density at radius 3 is 2.87 bits per heavy atom. The number of ether oxygens (including phenoxy) is 1.